The number of ketones is 1. The van der Waals surface area contributed by atoms with E-state index in [1.54, 1.807) is 36.4 Å². The molecule has 33 heavy (non-hydrogen) atoms. The maximum Gasteiger partial charge on any atom is 0.255 e. The van der Waals surface area contributed by atoms with Gasteiger partial charge in [-0.2, -0.15) is 0 Å². The second-order valence-electron chi connectivity index (χ2n) is 7.99. The summed E-state index contributed by atoms with van der Waals surface area (Å²) in [6, 6.07) is 20.1. The molecule has 0 aliphatic rings. The van der Waals surface area contributed by atoms with Gasteiger partial charge in [-0.15, -0.1) is 0 Å². The number of hydrogen-bond donors (Lipinski definition) is 2. The van der Waals surface area contributed by atoms with Crippen LogP contribution in [0.1, 0.15) is 46.0 Å². The van der Waals surface area contributed by atoms with Crippen LogP contribution in [0.5, 0.6) is 5.75 Å². The van der Waals surface area contributed by atoms with Crippen molar-refractivity contribution < 1.29 is 14.3 Å². The average molecular weight is 440 g/mol. The maximum absolute atomic E-state index is 12.7. The number of ether oxygens (including phenoxy) is 1. The van der Waals surface area contributed by atoms with Crippen LogP contribution in [-0.2, 0) is 0 Å². The number of nitrogens with one attached hydrogen (secondary N) is 2. The summed E-state index contributed by atoms with van der Waals surface area (Å²) in [7, 11) is 0. The molecule has 0 spiro atoms. The van der Waals surface area contributed by atoms with Gasteiger partial charge in [-0.25, -0.2) is 4.98 Å². The van der Waals surface area contributed by atoms with Crippen molar-refractivity contribution in [2.45, 2.75) is 26.9 Å². The Labute approximate surface area is 192 Å². The molecule has 4 rings (SSSR count). The number of hydrogen-bond acceptors (Lipinski definition) is 4. The standard InChI is InChI=1S/C27H25N3O3/c1-17(2)33-24-10-5-4-8-21(24)29-27(32)20-14-11-19(12-15-20)13-16-23(31)26-28-22-9-6-7-18(3)25(22)30-26/h4-17H,1-3H3,(H,28,30)(H,29,32). The van der Waals surface area contributed by atoms with Crippen molar-refractivity contribution in [2.24, 2.45) is 0 Å². The van der Waals surface area contributed by atoms with E-state index in [4.69, 9.17) is 4.74 Å². The minimum Gasteiger partial charge on any atom is -0.489 e. The first-order valence-electron chi connectivity index (χ1n) is 10.8. The van der Waals surface area contributed by atoms with Crippen LogP contribution in [0.25, 0.3) is 17.1 Å². The maximum atomic E-state index is 12.7. The van der Waals surface area contributed by atoms with Crippen molar-refractivity contribution in [3.63, 3.8) is 0 Å². The Morgan fingerprint density at radius 2 is 1.76 bits per heavy atom. The molecule has 0 saturated heterocycles. The minimum absolute atomic E-state index is 0.000388. The number of aryl methyl sites for hydroxylation is 1. The highest BCUT2D eigenvalue weighted by Gasteiger charge is 2.12. The molecule has 0 aliphatic heterocycles. The molecule has 0 aliphatic carbocycles. The number of carbonyl (C=O) groups excluding carboxylic acids is 2. The van der Waals surface area contributed by atoms with Crippen LogP contribution in [0.3, 0.4) is 0 Å². The molecule has 0 bridgehead atoms. The van der Waals surface area contributed by atoms with Gasteiger partial charge in [-0.05, 0) is 68.3 Å². The summed E-state index contributed by atoms with van der Waals surface area (Å²) in [4.78, 5) is 32.7. The number of H-pyrrole nitrogens is 1. The van der Waals surface area contributed by atoms with Crippen LogP contribution in [0, 0.1) is 6.92 Å². The first-order valence-corrected chi connectivity index (χ1v) is 10.8. The van der Waals surface area contributed by atoms with E-state index < -0.39 is 0 Å². The van der Waals surface area contributed by atoms with Gasteiger partial charge in [0.25, 0.3) is 5.91 Å². The van der Waals surface area contributed by atoms with Gasteiger partial charge in [0, 0.05) is 5.56 Å². The Morgan fingerprint density at radius 1 is 1.00 bits per heavy atom. The van der Waals surface area contributed by atoms with Crippen molar-refractivity contribution in [1.29, 1.82) is 0 Å². The Bertz CT molecular complexity index is 1330. The number of carbonyl (C=O) groups is 2. The van der Waals surface area contributed by atoms with Gasteiger partial charge in [0.05, 0.1) is 22.8 Å². The zero-order chi connectivity index (χ0) is 23.4. The lowest BCUT2D eigenvalue weighted by atomic mass is 10.1. The van der Waals surface area contributed by atoms with Crippen LogP contribution < -0.4 is 10.1 Å². The summed E-state index contributed by atoms with van der Waals surface area (Å²) in [6.07, 6.45) is 3.18. The molecule has 0 fully saturated rings. The molecular weight excluding hydrogens is 414 g/mol. The Hall–Kier alpha value is -4.19. The average Bonchev–Trinajstić information content (AvgIpc) is 3.25. The number of fused-ring (bicyclic) bond motifs is 1. The fraction of sp³-hybridized carbons (Fsp3) is 0.148. The third-order valence-corrected chi connectivity index (χ3v) is 5.05. The molecule has 4 aromatic rings. The van der Waals surface area contributed by atoms with E-state index in [2.05, 4.69) is 15.3 Å². The quantitative estimate of drug-likeness (QED) is 0.281. The molecule has 1 heterocycles. The lowest BCUT2D eigenvalue weighted by molar-refractivity contribution is 0.102. The molecule has 0 atom stereocenters. The summed E-state index contributed by atoms with van der Waals surface area (Å²) < 4.78 is 5.75. The molecule has 0 saturated carbocycles. The van der Waals surface area contributed by atoms with Gasteiger partial charge in [0.2, 0.25) is 5.78 Å². The third-order valence-electron chi connectivity index (χ3n) is 5.05. The highest BCUT2D eigenvalue weighted by Crippen LogP contribution is 2.25. The monoisotopic (exact) mass is 439 g/mol. The van der Waals surface area contributed by atoms with Crippen LogP contribution in [0.4, 0.5) is 5.69 Å². The predicted octanol–water partition coefficient (Wildman–Crippen LogP) is 5.81. The lowest BCUT2D eigenvalue weighted by Gasteiger charge is -2.14. The highest BCUT2D eigenvalue weighted by molar-refractivity contribution is 6.06. The zero-order valence-corrected chi connectivity index (χ0v) is 18.8. The van der Waals surface area contributed by atoms with E-state index in [9.17, 15) is 9.59 Å². The van der Waals surface area contributed by atoms with E-state index >= 15 is 0 Å². The van der Waals surface area contributed by atoms with Crippen LogP contribution >= 0.6 is 0 Å². The number of aromatic amines is 1. The van der Waals surface area contributed by atoms with Crippen molar-refractivity contribution in [1.82, 2.24) is 9.97 Å². The van der Waals surface area contributed by atoms with E-state index in [0.717, 1.165) is 22.2 Å². The summed E-state index contributed by atoms with van der Waals surface area (Å²) in [6.45, 7) is 5.83. The second-order valence-corrected chi connectivity index (χ2v) is 7.99. The summed E-state index contributed by atoms with van der Waals surface area (Å²) in [5.74, 6) is 0.474. The first kappa shape index (κ1) is 22.0. The van der Waals surface area contributed by atoms with Crippen LogP contribution in [0.2, 0.25) is 0 Å². The number of allylic oxidation sites excluding steroid dienone is 1. The SMILES string of the molecule is Cc1cccc2[nH]c(C(=O)C=Cc3ccc(C(=O)Nc4ccccc4OC(C)C)cc3)nc12. The second kappa shape index (κ2) is 9.53. The highest BCUT2D eigenvalue weighted by atomic mass is 16.5. The zero-order valence-electron chi connectivity index (χ0n) is 18.8. The molecule has 6 heteroatoms. The molecule has 0 unspecified atom stereocenters. The fourth-order valence-electron chi connectivity index (χ4n) is 3.41. The molecule has 6 nitrogen and oxygen atoms in total. The topological polar surface area (TPSA) is 84.1 Å². The molecule has 1 amide bonds. The van der Waals surface area contributed by atoms with Gasteiger partial charge in [0.1, 0.15) is 5.75 Å². The largest absolute Gasteiger partial charge is 0.489 e. The van der Waals surface area contributed by atoms with Gasteiger partial charge in [0.15, 0.2) is 5.82 Å². The number of amides is 1. The minimum atomic E-state index is -0.237. The Balaban J connectivity index is 1.43. The molecular formula is C27H25N3O3. The number of rotatable bonds is 7. The number of para-hydroxylation sites is 3. The van der Waals surface area contributed by atoms with Crippen molar-refractivity contribution in [2.75, 3.05) is 5.32 Å². The van der Waals surface area contributed by atoms with Gasteiger partial charge >= 0.3 is 0 Å². The van der Waals surface area contributed by atoms with Gasteiger partial charge < -0.3 is 15.0 Å². The van der Waals surface area contributed by atoms with E-state index in [1.165, 1.54) is 6.08 Å². The molecule has 166 valence electrons. The van der Waals surface area contributed by atoms with Crippen molar-refractivity contribution in [3.8, 4) is 5.75 Å². The first-order chi connectivity index (χ1) is 15.9. The van der Waals surface area contributed by atoms with Crippen LogP contribution in [-0.4, -0.2) is 27.8 Å². The van der Waals surface area contributed by atoms with Gasteiger partial charge in [-0.1, -0.05) is 42.5 Å². The summed E-state index contributed by atoms with van der Waals surface area (Å²) in [5, 5.41) is 2.89. The lowest BCUT2D eigenvalue weighted by Crippen LogP contribution is -2.14. The van der Waals surface area contributed by atoms with Crippen molar-refractivity contribution >= 4 is 34.5 Å². The normalized spacial score (nSPS) is 11.3. The smallest absolute Gasteiger partial charge is 0.255 e. The Morgan fingerprint density at radius 3 is 2.48 bits per heavy atom. The third kappa shape index (κ3) is 5.18. The van der Waals surface area contributed by atoms with E-state index in [1.807, 2.05) is 57.2 Å². The predicted molar refractivity (Wildman–Crippen MR) is 131 cm³/mol. The fourth-order valence-corrected chi connectivity index (χ4v) is 3.41. The van der Waals surface area contributed by atoms with Crippen LogP contribution in [0.15, 0.2) is 72.8 Å². The number of benzene rings is 3. The molecule has 1 aromatic heterocycles. The summed E-state index contributed by atoms with van der Waals surface area (Å²) >= 11 is 0. The molecule has 2 N–H and O–H groups in total. The molecule has 0 radical (unpaired) electrons. The summed E-state index contributed by atoms with van der Waals surface area (Å²) in [5.41, 5.74) is 4.57. The van der Waals surface area contributed by atoms with Crippen molar-refractivity contribution in [3.05, 3.63) is 95.3 Å². The number of anilines is 1. The van der Waals surface area contributed by atoms with E-state index in [0.29, 0.717) is 22.8 Å². The molecule has 3 aromatic carbocycles. The number of imidazole rings is 1. The van der Waals surface area contributed by atoms with Gasteiger partial charge in [-0.3, -0.25) is 9.59 Å². The number of nitrogens with zero attached hydrogens (tertiary/aromatic N) is 1. The number of aromatic nitrogens is 2. The Kier molecular flexibility index (Phi) is 6.36. The van der Waals surface area contributed by atoms with E-state index in [-0.39, 0.29) is 17.8 Å².